The lowest BCUT2D eigenvalue weighted by molar-refractivity contribution is -0.180. The number of hydrogen-bond acceptors (Lipinski definition) is 13. The number of halogens is 3. The van der Waals surface area contributed by atoms with Gasteiger partial charge in [0.15, 0.2) is 0 Å². The van der Waals surface area contributed by atoms with E-state index in [1.807, 2.05) is 60.9 Å². The number of aryl methyl sites for hydroxylation is 2. The Morgan fingerprint density at radius 1 is 0.336 bits per heavy atom. The number of hydrogen-bond donors (Lipinski definition) is 5. The van der Waals surface area contributed by atoms with Crippen molar-refractivity contribution < 1.29 is 76.0 Å². The van der Waals surface area contributed by atoms with Crippen molar-refractivity contribution in [1.82, 2.24) is 40.4 Å². The quantitative estimate of drug-likeness (QED) is 0.0544. The van der Waals surface area contributed by atoms with Crippen molar-refractivity contribution in [2.24, 2.45) is 129 Å². The lowest BCUT2D eigenvalue weighted by Crippen LogP contribution is -2.67. The van der Waals surface area contributed by atoms with Crippen molar-refractivity contribution in [2.75, 3.05) is 86.7 Å². The van der Waals surface area contributed by atoms with Gasteiger partial charge < -0.3 is 64.9 Å². The number of benzene rings is 5. The Morgan fingerprint density at radius 2 is 0.606 bits per heavy atom. The maximum atomic E-state index is 13.9. The molecular weight excluding hydrogens is 1730 g/mol. The van der Waals surface area contributed by atoms with Gasteiger partial charge in [0, 0.05) is 77.0 Å². The van der Waals surface area contributed by atoms with Crippen molar-refractivity contribution >= 4 is 47.8 Å². The van der Waals surface area contributed by atoms with Crippen LogP contribution in [0.5, 0.6) is 0 Å². The van der Waals surface area contributed by atoms with E-state index in [1.165, 1.54) is 190 Å². The number of rotatable bonds is 17. The van der Waals surface area contributed by atoms with Crippen LogP contribution in [0.25, 0.3) is 0 Å². The summed E-state index contributed by atoms with van der Waals surface area (Å²) in [6.45, 7) is 9.30. The fourth-order valence-electron chi connectivity index (χ4n) is 34.1. The fraction of sp³-hybridized carbons (Fsp3) is 0.664. The molecule has 738 valence electrons. The van der Waals surface area contributed by atoms with Gasteiger partial charge in [-0.15, -0.1) is 0 Å². The standard InChI is InChI=1S/2C23H29FN2O3.C22H27FN2O3.2C22H29NO2.CH4/c1-29-22(28)25-20-12-26(13-20)21(27)11-23(16-2-4-19(24)5-3-16)17-7-14-6-15(9-17)10-18(23)8-14;1-25-22(28)29-20-12-26(13-20)21(27)11-23(16-2-4-19(24)5-3-16)17-7-14-6-15(9-17)10-18(23)8-14;1-24-21(27)28-19-11-25(12-19)20(26)22(15-2-4-18(23)5-3-15)16-7-13-6-14(9-16)10-17(22)8-13;2*1-14-2-4-15(5-3-14)11-22(21(25)23-12-20(24)13-23)18-7-16-6-17(9-18)10-19(22)8-16;/h2*2-5,14-15,17-18,20H,6-13H2,1H3,(H,25,28);2-5,13-14,16-17,19H,6-12H2,1H3,(H,24,27);2*2-5,16-20,24H,6-13H2,1H3;1H4. The summed E-state index contributed by atoms with van der Waals surface area (Å²) < 4.78 is 56.1. The van der Waals surface area contributed by atoms with Crippen molar-refractivity contribution in [2.45, 2.75) is 254 Å². The normalized spacial score (nSPS) is 36.8. The van der Waals surface area contributed by atoms with Crippen molar-refractivity contribution in [3.05, 3.63) is 178 Å². The van der Waals surface area contributed by atoms with Gasteiger partial charge in [-0.2, -0.15) is 0 Å². The predicted octanol–water partition coefficient (Wildman–Crippen LogP) is 17.0. The number of carbonyl (C=O) groups is 8. The Labute approximate surface area is 807 Å². The van der Waals surface area contributed by atoms with E-state index in [9.17, 15) is 61.7 Å². The third-order valence-corrected chi connectivity index (χ3v) is 39.5. The average molecular weight is 1880 g/mol. The van der Waals surface area contributed by atoms with E-state index in [4.69, 9.17) is 9.47 Å². The minimum absolute atomic E-state index is 0. The zero-order valence-corrected chi connectivity index (χ0v) is 80.3. The highest BCUT2D eigenvalue weighted by Gasteiger charge is 2.68. The fourth-order valence-corrected chi connectivity index (χ4v) is 34.1. The molecule has 137 heavy (non-hydrogen) atoms. The molecule has 25 fully saturated rings. The number of amides is 8. The van der Waals surface area contributed by atoms with Crippen LogP contribution in [-0.2, 0) is 67.3 Å². The highest BCUT2D eigenvalue weighted by Crippen LogP contribution is 2.70. The molecule has 5 aromatic rings. The first-order chi connectivity index (χ1) is 65.5. The molecule has 30 rings (SSSR count). The number of aliphatic hydroxyl groups is 2. The van der Waals surface area contributed by atoms with Crippen molar-refractivity contribution in [1.29, 1.82) is 0 Å². The molecule has 20 aliphatic carbocycles. The molecule has 5 aromatic carbocycles. The first-order valence-corrected chi connectivity index (χ1v) is 52.3. The Hall–Kier alpha value is -9.03. The van der Waals surface area contributed by atoms with E-state index < -0.39 is 23.7 Å². The second-order valence-electron chi connectivity index (χ2n) is 47.2. The topological polar surface area (TPSA) is 257 Å². The summed E-state index contributed by atoms with van der Waals surface area (Å²) in [7, 11) is 4.40. The van der Waals surface area contributed by atoms with E-state index in [0.717, 1.165) is 114 Å². The Balaban J connectivity index is 0.000000106. The van der Waals surface area contributed by atoms with Crippen LogP contribution in [-0.4, -0.2) is 200 Å². The van der Waals surface area contributed by atoms with E-state index in [0.29, 0.717) is 149 Å². The Bertz CT molecular complexity index is 4840. The van der Waals surface area contributed by atoms with E-state index >= 15 is 0 Å². The van der Waals surface area contributed by atoms with Gasteiger partial charge in [-0.1, -0.05) is 103 Å². The lowest BCUT2D eigenvalue weighted by Gasteiger charge is -2.62. The first kappa shape index (κ1) is 95.5. The SMILES string of the molecule is C.CNC(=O)OC1CN(C(=O)C2(c3ccc(F)cc3)C3CC4CC(C3)CC2C4)C1.CNC(=O)OC1CN(C(=O)CC2(c3ccc(F)cc3)C3CC4CC(C3)CC2C4)C1.COC(=O)NC1CN(C(=O)CC2(c3ccc(F)cc3)C3CC4CC(C3)CC2C4)C1.Cc1ccc(CC2(C(=O)N3CC(O)C3)C3CC4CC(C3)CC2C4)cc1.Cc1ccc(CC2(C(=O)N3CC(O)C3)C3CC4CC(C3)CC2C4)cc1. The number of carbonyl (C=O) groups excluding carboxylic acids is 8. The summed E-state index contributed by atoms with van der Waals surface area (Å²) in [5.74, 6) is 13.5. The molecule has 0 radical (unpaired) electrons. The molecule has 0 atom stereocenters. The molecule has 5 heterocycles. The summed E-state index contributed by atoms with van der Waals surface area (Å²) in [6.07, 6.45) is 31.1. The van der Waals surface area contributed by atoms with Crippen LogP contribution in [0.1, 0.15) is 220 Å². The van der Waals surface area contributed by atoms with Gasteiger partial charge >= 0.3 is 18.3 Å². The molecular formula is C113H147F3N8O13. The molecule has 25 aliphatic rings. The van der Waals surface area contributed by atoms with Crippen molar-refractivity contribution in [3.8, 4) is 0 Å². The van der Waals surface area contributed by atoms with Crippen LogP contribution in [0.2, 0.25) is 0 Å². The maximum Gasteiger partial charge on any atom is 0.407 e. The number of ether oxygens (including phenoxy) is 3. The van der Waals surface area contributed by atoms with Gasteiger partial charge in [-0.3, -0.25) is 24.0 Å². The molecule has 0 spiro atoms. The van der Waals surface area contributed by atoms with Gasteiger partial charge in [0.2, 0.25) is 29.5 Å². The molecule has 24 heteroatoms. The maximum absolute atomic E-state index is 13.9. The molecule has 0 aromatic heterocycles. The molecule has 5 N–H and O–H groups in total. The molecule has 5 aliphatic heterocycles. The highest BCUT2D eigenvalue weighted by atomic mass is 19.1. The van der Waals surface area contributed by atoms with E-state index in [2.05, 4.69) is 83.1 Å². The minimum Gasteiger partial charge on any atom is -0.453 e. The average Bonchev–Trinajstić information content (AvgIpc) is 0.717. The number of alkyl carbamates (subject to hydrolysis) is 3. The third kappa shape index (κ3) is 17.7. The van der Waals surface area contributed by atoms with Gasteiger partial charge in [0.25, 0.3) is 0 Å². The summed E-state index contributed by atoms with van der Waals surface area (Å²) >= 11 is 0. The van der Waals surface area contributed by atoms with E-state index in [1.54, 1.807) is 24.3 Å². The number of likely N-dealkylation sites (tertiary alicyclic amines) is 5. The second kappa shape index (κ2) is 38.1. The Kier molecular flexibility index (Phi) is 26.6. The zero-order valence-electron chi connectivity index (χ0n) is 80.3. The van der Waals surface area contributed by atoms with Crippen LogP contribution in [0, 0.1) is 160 Å². The zero-order chi connectivity index (χ0) is 94.2. The van der Waals surface area contributed by atoms with E-state index in [-0.39, 0.29) is 94.7 Å². The number of methoxy groups -OCH3 is 1. The predicted molar refractivity (Wildman–Crippen MR) is 513 cm³/mol. The lowest BCUT2D eigenvalue weighted by atomic mass is 9.43. The molecule has 8 amide bonds. The summed E-state index contributed by atoms with van der Waals surface area (Å²) in [6, 6.07) is 38.1. The third-order valence-electron chi connectivity index (χ3n) is 39.5. The molecule has 5 saturated heterocycles. The number of β-amino-alcohol motifs (C(OH)–C–C–N with tert-alkyl or cyclic N) is 2. The number of nitrogens with zero attached hydrogens (tertiary/aromatic N) is 5. The molecule has 20 saturated carbocycles. The summed E-state index contributed by atoms with van der Waals surface area (Å²) in [4.78, 5) is 111. The van der Waals surface area contributed by atoms with Crippen LogP contribution in [0.15, 0.2) is 121 Å². The van der Waals surface area contributed by atoms with Crippen LogP contribution >= 0.6 is 0 Å². The summed E-state index contributed by atoms with van der Waals surface area (Å²) in [5.41, 5.74) is 7.14. The van der Waals surface area contributed by atoms with Gasteiger partial charge in [-0.25, -0.2) is 27.6 Å². The Morgan fingerprint density at radius 3 is 0.898 bits per heavy atom. The monoisotopic (exact) mass is 1880 g/mol. The minimum atomic E-state index is -0.543. The van der Waals surface area contributed by atoms with Crippen molar-refractivity contribution in [3.63, 3.8) is 0 Å². The first-order valence-electron chi connectivity index (χ1n) is 52.3. The van der Waals surface area contributed by atoms with Crippen LogP contribution in [0.3, 0.4) is 0 Å². The smallest absolute Gasteiger partial charge is 0.407 e. The van der Waals surface area contributed by atoms with Gasteiger partial charge in [0.05, 0.1) is 67.8 Å². The van der Waals surface area contributed by atoms with Crippen LogP contribution in [0.4, 0.5) is 27.6 Å². The largest absolute Gasteiger partial charge is 0.453 e. The van der Waals surface area contributed by atoms with Crippen LogP contribution < -0.4 is 16.0 Å². The molecule has 21 nitrogen and oxygen atoms in total. The summed E-state index contributed by atoms with van der Waals surface area (Å²) in [5, 5.41) is 27.1. The highest BCUT2D eigenvalue weighted by molar-refractivity contribution is 5.91. The molecule has 20 bridgehead atoms. The van der Waals surface area contributed by atoms with Gasteiger partial charge in [0.1, 0.15) is 29.7 Å². The number of nitrogens with one attached hydrogen (secondary N) is 3. The second-order valence-corrected chi connectivity index (χ2v) is 47.2. The molecule has 0 unspecified atom stereocenters. The number of aliphatic hydroxyl groups excluding tert-OH is 2. The van der Waals surface area contributed by atoms with Gasteiger partial charge in [-0.05, 0) is 370 Å².